The first kappa shape index (κ1) is 11.9. The first-order chi connectivity index (χ1) is 8.58. The highest BCUT2D eigenvalue weighted by Crippen LogP contribution is 2.36. The summed E-state index contributed by atoms with van der Waals surface area (Å²) in [5, 5.41) is 37.8. The molecule has 4 N–H and O–H groups in total. The van der Waals surface area contributed by atoms with E-state index in [1.165, 1.54) is 24.3 Å². The summed E-state index contributed by atoms with van der Waals surface area (Å²) >= 11 is 0. The molecule has 4 nitrogen and oxygen atoms in total. The van der Waals surface area contributed by atoms with Crippen molar-refractivity contribution in [3.63, 3.8) is 0 Å². The lowest BCUT2D eigenvalue weighted by Crippen LogP contribution is -1.78. The molecule has 18 heavy (non-hydrogen) atoms. The molecule has 0 saturated carbocycles. The van der Waals surface area contributed by atoms with Crippen LogP contribution in [0.3, 0.4) is 0 Å². The highest BCUT2D eigenvalue weighted by Gasteiger charge is 2.08. The quantitative estimate of drug-likeness (QED) is 0.372. The van der Waals surface area contributed by atoms with Crippen LogP contribution in [0.5, 0.6) is 23.0 Å². The van der Waals surface area contributed by atoms with Crippen molar-refractivity contribution in [2.75, 3.05) is 0 Å². The summed E-state index contributed by atoms with van der Waals surface area (Å²) in [4.78, 5) is 0. The van der Waals surface area contributed by atoms with Gasteiger partial charge in [-0.3, -0.25) is 0 Å². The van der Waals surface area contributed by atoms with E-state index < -0.39 is 0 Å². The van der Waals surface area contributed by atoms with Crippen LogP contribution < -0.4 is 0 Å². The average Bonchev–Trinajstić information content (AvgIpc) is 2.34. The van der Waals surface area contributed by atoms with Gasteiger partial charge in [-0.1, -0.05) is 18.2 Å². The van der Waals surface area contributed by atoms with Gasteiger partial charge in [0.1, 0.15) is 11.5 Å². The molecule has 0 aromatic heterocycles. The van der Waals surface area contributed by atoms with E-state index in [4.69, 9.17) is 0 Å². The van der Waals surface area contributed by atoms with Gasteiger partial charge in [0, 0.05) is 0 Å². The predicted octanol–water partition coefficient (Wildman–Crippen LogP) is 2.68. The van der Waals surface area contributed by atoms with Gasteiger partial charge in [0.05, 0.1) is 5.56 Å². The van der Waals surface area contributed by atoms with Gasteiger partial charge in [0.2, 0.25) is 0 Å². The van der Waals surface area contributed by atoms with Crippen LogP contribution in [-0.2, 0) is 0 Å². The zero-order valence-corrected chi connectivity index (χ0v) is 9.41. The Balaban J connectivity index is 2.37. The lowest BCUT2D eigenvalue weighted by Gasteiger charge is -2.04. The number of phenols is 4. The van der Waals surface area contributed by atoms with Gasteiger partial charge in [-0.25, -0.2) is 0 Å². The van der Waals surface area contributed by atoms with Gasteiger partial charge in [0.15, 0.2) is 11.5 Å². The SMILES string of the molecule is Oc1cccc(C=Cc2c(O)ccc(O)c2O)c1. The Morgan fingerprint density at radius 2 is 1.50 bits per heavy atom. The van der Waals surface area contributed by atoms with Crippen molar-refractivity contribution in [3.05, 3.63) is 47.5 Å². The molecule has 0 amide bonds. The summed E-state index contributed by atoms with van der Waals surface area (Å²) < 4.78 is 0. The number of hydrogen-bond acceptors (Lipinski definition) is 4. The number of phenolic OH excluding ortho intramolecular Hbond substituents is 4. The Kier molecular flexibility index (Phi) is 3.10. The third-order valence-corrected chi connectivity index (χ3v) is 2.49. The van der Waals surface area contributed by atoms with Crippen molar-refractivity contribution in [1.82, 2.24) is 0 Å². The smallest absolute Gasteiger partial charge is 0.168 e. The van der Waals surface area contributed by atoms with Crippen LogP contribution in [0.1, 0.15) is 11.1 Å². The van der Waals surface area contributed by atoms with Crippen LogP contribution in [0, 0.1) is 0 Å². The fourth-order valence-electron chi connectivity index (χ4n) is 1.56. The first-order valence-electron chi connectivity index (χ1n) is 5.29. The number of rotatable bonds is 2. The molecule has 0 aliphatic rings. The Morgan fingerprint density at radius 1 is 0.778 bits per heavy atom. The second kappa shape index (κ2) is 4.71. The van der Waals surface area contributed by atoms with E-state index >= 15 is 0 Å². The molecule has 2 rings (SSSR count). The summed E-state index contributed by atoms with van der Waals surface area (Å²) in [5.74, 6) is -0.696. The molecule has 4 heteroatoms. The highest BCUT2D eigenvalue weighted by molar-refractivity contribution is 5.77. The van der Waals surface area contributed by atoms with Gasteiger partial charge in [0.25, 0.3) is 0 Å². The van der Waals surface area contributed by atoms with E-state index in [0.717, 1.165) is 0 Å². The van der Waals surface area contributed by atoms with Gasteiger partial charge in [-0.15, -0.1) is 0 Å². The van der Waals surface area contributed by atoms with Crippen LogP contribution in [0.4, 0.5) is 0 Å². The van der Waals surface area contributed by atoms with Gasteiger partial charge in [-0.05, 0) is 35.9 Å². The number of benzene rings is 2. The first-order valence-corrected chi connectivity index (χ1v) is 5.29. The van der Waals surface area contributed by atoms with E-state index in [1.807, 2.05) is 0 Å². The van der Waals surface area contributed by atoms with E-state index in [0.29, 0.717) is 5.56 Å². The summed E-state index contributed by atoms with van der Waals surface area (Å²) in [6.45, 7) is 0. The highest BCUT2D eigenvalue weighted by atomic mass is 16.3. The van der Waals surface area contributed by atoms with Crippen molar-refractivity contribution in [2.45, 2.75) is 0 Å². The van der Waals surface area contributed by atoms with Gasteiger partial charge in [-0.2, -0.15) is 0 Å². The van der Waals surface area contributed by atoms with E-state index in [2.05, 4.69) is 0 Å². The minimum Gasteiger partial charge on any atom is -0.508 e. The topological polar surface area (TPSA) is 80.9 Å². The monoisotopic (exact) mass is 244 g/mol. The predicted molar refractivity (Wildman–Crippen MR) is 68.5 cm³/mol. The van der Waals surface area contributed by atoms with E-state index in [9.17, 15) is 20.4 Å². The molecule has 0 aliphatic heterocycles. The zero-order valence-electron chi connectivity index (χ0n) is 9.41. The van der Waals surface area contributed by atoms with E-state index in [-0.39, 0.29) is 28.6 Å². The van der Waals surface area contributed by atoms with Gasteiger partial charge >= 0.3 is 0 Å². The van der Waals surface area contributed by atoms with E-state index in [1.54, 1.807) is 24.3 Å². The molecule has 2 aromatic carbocycles. The van der Waals surface area contributed by atoms with Crippen LogP contribution in [0.15, 0.2) is 36.4 Å². The van der Waals surface area contributed by atoms with Crippen molar-refractivity contribution in [3.8, 4) is 23.0 Å². The van der Waals surface area contributed by atoms with Crippen molar-refractivity contribution in [2.24, 2.45) is 0 Å². The zero-order chi connectivity index (χ0) is 13.1. The van der Waals surface area contributed by atoms with Crippen molar-refractivity contribution < 1.29 is 20.4 Å². The largest absolute Gasteiger partial charge is 0.508 e. The third kappa shape index (κ3) is 2.38. The molecule has 2 aromatic rings. The maximum atomic E-state index is 9.60. The Labute approximate surface area is 104 Å². The fraction of sp³-hybridized carbons (Fsp3) is 0. The molecular weight excluding hydrogens is 232 g/mol. The molecule has 0 atom stereocenters. The molecule has 0 radical (unpaired) electrons. The summed E-state index contributed by atoms with van der Waals surface area (Å²) in [7, 11) is 0. The molecule has 92 valence electrons. The Bertz CT molecular complexity index is 603. The summed E-state index contributed by atoms with van der Waals surface area (Å²) in [5.41, 5.74) is 0.829. The molecular formula is C14H12O4. The van der Waals surface area contributed by atoms with Crippen LogP contribution in [0.2, 0.25) is 0 Å². The van der Waals surface area contributed by atoms with Crippen LogP contribution in [-0.4, -0.2) is 20.4 Å². The van der Waals surface area contributed by atoms with Gasteiger partial charge < -0.3 is 20.4 Å². The molecule has 0 saturated heterocycles. The van der Waals surface area contributed by atoms with Crippen LogP contribution in [0.25, 0.3) is 12.2 Å². The third-order valence-electron chi connectivity index (χ3n) is 2.49. The molecule has 0 aliphatic carbocycles. The minimum absolute atomic E-state index is 0.123. The molecule has 0 fully saturated rings. The lowest BCUT2D eigenvalue weighted by molar-refractivity contribution is 0.395. The lowest BCUT2D eigenvalue weighted by atomic mass is 10.1. The Hall–Kier alpha value is -2.62. The normalized spacial score (nSPS) is 10.9. The second-order valence-corrected chi connectivity index (χ2v) is 3.79. The van der Waals surface area contributed by atoms with Crippen molar-refractivity contribution >= 4 is 12.2 Å². The maximum Gasteiger partial charge on any atom is 0.168 e. The standard InChI is InChI=1S/C14H12O4/c15-10-3-1-2-9(8-10)4-5-11-12(16)6-7-13(17)14(11)18/h1-8,15-18H. The fourth-order valence-corrected chi connectivity index (χ4v) is 1.56. The molecule has 0 heterocycles. The minimum atomic E-state index is -0.383. The average molecular weight is 244 g/mol. The van der Waals surface area contributed by atoms with Crippen molar-refractivity contribution in [1.29, 1.82) is 0 Å². The summed E-state index contributed by atoms with van der Waals surface area (Å²) in [6, 6.07) is 9.01. The summed E-state index contributed by atoms with van der Waals surface area (Å²) in [6.07, 6.45) is 3.06. The number of hydrogen-bond donors (Lipinski definition) is 4. The maximum absolute atomic E-state index is 9.60. The number of aromatic hydroxyl groups is 4. The second-order valence-electron chi connectivity index (χ2n) is 3.79. The van der Waals surface area contributed by atoms with Crippen LogP contribution >= 0.6 is 0 Å². The molecule has 0 bridgehead atoms. The molecule has 0 spiro atoms. The molecule has 0 unspecified atom stereocenters. The Morgan fingerprint density at radius 3 is 2.22 bits per heavy atom.